The molecule has 6 heteroatoms. The molecule has 0 bridgehead atoms. The highest BCUT2D eigenvalue weighted by molar-refractivity contribution is 7.89. The summed E-state index contributed by atoms with van der Waals surface area (Å²) in [5.74, 6) is 0. The van der Waals surface area contributed by atoms with Crippen molar-refractivity contribution in [1.82, 2.24) is 4.72 Å². The lowest BCUT2D eigenvalue weighted by molar-refractivity contribution is 0.491. The van der Waals surface area contributed by atoms with Gasteiger partial charge in [-0.25, -0.2) is 13.1 Å². The van der Waals surface area contributed by atoms with Crippen LogP contribution in [0.2, 0.25) is 5.02 Å². The number of nitrogens with one attached hydrogen (secondary N) is 1. The highest BCUT2D eigenvalue weighted by Gasteiger charge is 2.22. The maximum absolute atomic E-state index is 11.9. The summed E-state index contributed by atoms with van der Waals surface area (Å²) in [6.45, 7) is 5.30. The molecule has 4 nitrogen and oxygen atoms in total. The van der Waals surface area contributed by atoms with Crippen molar-refractivity contribution in [3.05, 3.63) is 23.2 Å². The predicted molar refractivity (Wildman–Crippen MR) is 65.9 cm³/mol. The molecule has 0 aromatic heterocycles. The van der Waals surface area contributed by atoms with E-state index in [2.05, 4.69) is 4.72 Å². The highest BCUT2D eigenvalue weighted by Crippen LogP contribution is 2.22. The molecule has 1 rings (SSSR count). The first-order chi connectivity index (χ1) is 7.12. The van der Waals surface area contributed by atoms with E-state index in [1.54, 1.807) is 20.8 Å². The minimum atomic E-state index is -3.55. The summed E-state index contributed by atoms with van der Waals surface area (Å²) in [5.41, 5.74) is 5.27. The normalized spacial score (nSPS) is 12.8. The van der Waals surface area contributed by atoms with Gasteiger partial charge in [-0.05, 0) is 39.0 Å². The fourth-order valence-electron chi connectivity index (χ4n) is 1.15. The zero-order valence-electron chi connectivity index (χ0n) is 9.41. The monoisotopic (exact) mass is 262 g/mol. The Balaban J connectivity index is 3.13. The molecule has 0 aliphatic heterocycles. The molecule has 0 aliphatic carbocycles. The predicted octanol–water partition coefficient (Wildman–Crippen LogP) is 2.00. The summed E-state index contributed by atoms with van der Waals surface area (Å²) in [6.07, 6.45) is 0. The van der Waals surface area contributed by atoms with Crippen molar-refractivity contribution in [3.8, 4) is 0 Å². The van der Waals surface area contributed by atoms with Gasteiger partial charge in [0.25, 0.3) is 0 Å². The van der Waals surface area contributed by atoms with Crippen LogP contribution in [-0.2, 0) is 10.0 Å². The van der Waals surface area contributed by atoms with Crippen molar-refractivity contribution in [2.45, 2.75) is 31.2 Å². The number of anilines is 1. The number of benzene rings is 1. The van der Waals surface area contributed by atoms with Gasteiger partial charge in [0.15, 0.2) is 0 Å². The molecule has 16 heavy (non-hydrogen) atoms. The Morgan fingerprint density at radius 2 is 1.88 bits per heavy atom. The van der Waals surface area contributed by atoms with Crippen molar-refractivity contribution < 1.29 is 8.42 Å². The Bertz CT molecular complexity index is 492. The number of halogens is 1. The summed E-state index contributed by atoms with van der Waals surface area (Å²) in [6, 6.07) is 4.23. The van der Waals surface area contributed by atoms with Crippen molar-refractivity contribution in [1.29, 1.82) is 0 Å². The summed E-state index contributed by atoms with van der Waals surface area (Å²) in [7, 11) is -3.55. The Morgan fingerprint density at radius 3 is 2.31 bits per heavy atom. The standard InChI is InChI=1S/C10H15ClN2O2S/c1-10(2,3)13-16(14,15)7-4-5-8(11)9(12)6-7/h4-6,13H,12H2,1-3H3. The van der Waals surface area contributed by atoms with E-state index in [-0.39, 0.29) is 10.6 Å². The van der Waals surface area contributed by atoms with Crippen LogP contribution in [0.4, 0.5) is 5.69 Å². The zero-order valence-corrected chi connectivity index (χ0v) is 11.0. The molecule has 90 valence electrons. The number of hydrogen-bond acceptors (Lipinski definition) is 3. The summed E-state index contributed by atoms with van der Waals surface area (Å²) in [4.78, 5) is 0.115. The quantitative estimate of drug-likeness (QED) is 0.801. The third-order valence-corrected chi connectivity index (χ3v) is 3.82. The maximum atomic E-state index is 11.9. The largest absolute Gasteiger partial charge is 0.397 e. The third-order valence-electron chi connectivity index (χ3n) is 1.72. The molecule has 0 saturated heterocycles. The summed E-state index contributed by atoms with van der Waals surface area (Å²) in [5, 5.41) is 0.342. The Labute approximate surface area is 101 Å². The molecule has 0 heterocycles. The molecule has 0 fully saturated rings. The van der Waals surface area contributed by atoms with E-state index in [1.165, 1.54) is 18.2 Å². The Hall–Kier alpha value is -0.780. The SMILES string of the molecule is CC(C)(C)NS(=O)(=O)c1ccc(Cl)c(N)c1. The Morgan fingerprint density at radius 1 is 1.31 bits per heavy atom. The number of rotatable bonds is 2. The lowest BCUT2D eigenvalue weighted by Gasteiger charge is -2.20. The van der Waals surface area contributed by atoms with Crippen LogP contribution in [0.25, 0.3) is 0 Å². The van der Waals surface area contributed by atoms with E-state index in [9.17, 15) is 8.42 Å². The molecule has 0 atom stereocenters. The lowest BCUT2D eigenvalue weighted by atomic mass is 10.1. The third kappa shape index (κ3) is 3.37. The molecule has 0 radical (unpaired) electrons. The molecular weight excluding hydrogens is 248 g/mol. The molecule has 0 unspecified atom stereocenters. The first-order valence-electron chi connectivity index (χ1n) is 4.71. The van der Waals surface area contributed by atoms with Crippen LogP contribution in [0.3, 0.4) is 0 Å². The Kier molecular flexibility index (Phi) is 3.52. The van der Waals surface area contributed by atoms with Gasteiger partial charge >= 0.3 is 0 Å². The molecule has 1 aromatic rings. The van der Waals surface area contributed by atoms with Crippen LogP contribution in [0.5, 0.6) is 0 Å². The van der Waals surface area contributed by atoms with Gasteiger partial charge in [0, 0.05) is 5.54 Å². The second kappa shape index (κ2) is 4.24. The van der Waals surface area contributed by atoms with Crippen LogP contribution in [0.15, 0.2) is 23.1 Å². The topological polar surface area (TPSA) is 72.2 Å². The van der Waals surface area contributed by atoms with E-state index in [0.29, 0.717) is 5.02 Å². The number of sulfonamides is 1. The van der Waals surface area contributed by atoms with Crippen molar-refractivity contribution in [2.24, 2.45) is 0 Å². The fourth-order valence-corrected chi connectivity index (χ4v) is 2.72. The molecule has 0 amide bonds. The average Bonchev–Trinajstić information content (AvgIpc) is 2.05. The first-order valence-corrected chi connectivity index (χ1v) is 6.57. The molecule has 3 N–H and O–H groups in total. The van der Waals surface area contributed by atoms with Gasteiger partial charge in [-0.15, -0.1) is 0 Å². The van der Waals surface area contributed by atoms with E-state index in [0.717, 1.165) is 0 Å². The summed E-state index contributed by atoms with van der Waals surface area (Å²) >= 11 is 5.72. The van der Waals surface area contributed by atoms with E-state index in [1.807, 2.05) is 0 Å². The van der Waals surface area contributed by atoms with Crippen molar-refractivity contribution >= 4 is 27.3 Å². The van der Waals surface area contributed by atoms with Crippen LogP contribution in [0, 0.1) is 0 Å². The second-order valence-electron chi connectivity index (χ2n) is 4.54. The van der Waals surface area contributed by atoms with Gasteiger partial charge in [0.05, 0.1) is 15.6 Å². The van der Waals surface area contributed by atoms with Crippen LogP contribution >= 0.6 is 11.6 Å². The van der Waals surface area contributed by atoms with Crippen LogP contribution in [-0.4, -0.2) is 14.0 Å². The van der Waals surface area contributed by atoms with E-state index in [4.69, 9.17) is 17.3 Å². The van der Waals surface area contributed by atoms with Crippen molar-refractivity contribution in [3.63, 3.8) is 0 Å². The van der Waals surface area contributed by atoms with E-state index >= 15 is 0 Å². The minimum absolute atomic E-state index is 0.115. The van der Waals surface area contributed by atoms with Gasteiger partial charge in [0.1, 0.15) is 0 Å². The zero-order chi connectivity index (χ0) is 12.6. The molecule has 0 saturated carbocycles. The molecule has 0 spiro atoms. The maximum Gasteiger partial charge on any atom is 0.241 e. The second-order valence-corrected chi connectivity index (χ2v) is 6.63. The van der Waals surface area contributed by atoms with Crippen LogP contribution < -0.4 is 10.5 Å². The van der Waals surface area contributed by atoms with Gasteiger partial charge in [-0.2, -0.15) is 0 Å². The number of nitrogens with two attached hydrogens (primary N) is 1. The highest BCUT2D eigenvalue weighted by atomic mass is 35.5. The fraction of sp³-hybridized carbons (Fsp3) is 0.400. The molecular formula is C10H15ClN2O2S. The number of hydrogen-bond donors (Lipinski definition) is 2. The molecule has 0 aliphatic rings. The lowest BCUT2D eigenvalue weighted by Crippen LogP contribution is -2.40. The van der Waals surface area contributed by atoms with E-state index < -0.39 is 15.6 Å². The van der Waals surface area contributed by atoms with Crippen LogP contribution in [0.1, 0.15) is 20.8 Å². The van der Waals surface area contributed by atoms with Crippen molar-refractivity contribution in [2.75, 3.05) is 5.73 Å². The number of nitrogen functional groups attached to an aromatic ring is 1. The summed E-state index contributed by atoms with van der Waals surface area (Å²) < 4.78 is 26.3. The van der Waals surface area contributed by atoms with Gasteiger partial charge in [-0.3, -0.25) is 0 Å². The average molecular weight is 263 g/mol. The van der Waals surface area contributed by atoms with Gasteiger partial charge in [-0.1, -0.05) is 11.6 Å². The smallest absolute Gasteiger partial charge is 0.241 e. The first kappa shape index (κ1) is 13.3. The van der Waals surface area contributed by atoms with Gasteiger partial charge in [0.2, 0.25) is 10.0 Å². The minimum Gasteiger partial charge on any atom is -0.397 e. The van der Waals surface area contributed by atoms with Gasteiger partial charge < -0.3 is 5.73 Å². The molecule has 1 aromatic carbocycles.